The summed E-state index contributed by atoms with van der Waals surface area (Å²) in [7, 11) is 0. The first-order chi connectivity index (χ1) is 5.02. The lowest BCUT2D eigenvalue weighted by molar-refractivity contribution is -0.217. The summed E-state index contributed by atoms with van der Waals surface area (Å²) in [6, 6.07) is 0. The van der Waals surface area contributed by atoms with Gasteiger partial charge in [-0.2, -0.15) is 13.2 Å². The van der Waals surface area contributed by atoms with Crippen molar-refractivity contribution in [3.8, 4) is 0 Å². The van der Waals surface area contributed by atoms with Gasteiger partial charge in [0.05, 0.1) is 13.2 Å². The molecule has 0 unspecified atom stereocenters. The normalized spacial score (nSPS) is 19.0. The fourth-order valence-corrected chi connectivity index (χ4v) is 0.749. The van der Waals surface area contributed by atoms with Crippen LogP contribution in [-0.4, -0.2) is 30.3 Å². The number of hydrogen-bond acceptors (Lipinski definition) is 2. The van der Waals surface area contributed by atoms with Crippen LogP contribution in [0, 0.1) is 0 Å². The smallest absolute Gasteiger partial charge is 0.271 e. The lowest BCUT2D eigenvalue weighted by atomic mass is 10.4. The third-order valence-electron chi connectivity index (χ3n) is 1.22. The van der Waals surface area contributed by atoms with E-state index in [4.69, 9.17) is 0 Å². The second-order valence-electron chi connectivity index (χ2n) is 2.09. The van der Waals surface area contributed by atoms with Crippen molar-refractivity contribution in [1.82, 2.24) is 5.06 Å². The van der Waals surface area contributed by atoms with E-state index in [0.717, 1.165) is 0 Å². The van der Waals surface area contributed by atoms with Crippen molar-refractivity contribution < 1.29 is 22.8 Å². The van der Waals surface area contributed by atoms with Crippen molar-refractivity contribution >= 4 is 5.91 Å². The molecule has 0 spiro atoms. The molecule has 0 saturated carbocycles. The van der Waals surface area contributed by atoms with E-state index in [0.29, 0.717) is 11.5 Å². The van der Waals surface area contributed by atoms with Gasteiger partial charge >= 0.3 is 12.1 Å². The van der Waals surface area contributed by atoms with Gasteiger partial charge in [-0.3, -0.25) is 9.63 Å². The van der Waals surface area contributed by atoms with Crippen LogP contribution in [0.4, 0.5) is 13.2 Å². The maximum atomic E-state index is 11.6. The zero-order chi connectivity index (χ0) is 8.48. The van der Waals surface area contributed by atoms with Crippen molar-refractivity contribution in [2.24, 2.45) is 0 Å². The van der Waals surface area contributed by atoms with Gasteiger partial charge in [-0.15, -0.1) is 0 Å². The lowest BCUT2D eigenvalue weighted by Crippen LogP contribution is -2.38. The van der Waals surface area contributed by atoms with Crippen LogP contribution < -0.4 is 0 Å². The maximum absolute atomic E-state index is 11.6. The summed E-state index contributed by atoms with van der Waals surface area (Å²) in [6.45, 7) is 0.208. The molecule has 1 saturated heterocycles. The van der Waals surface area contributed by atoms with E-state index >= 15 is 0 Å². The molecular formula is C5H6F3NO2. The second kappa shape index (κ2) is 2.69. The molecule has 0 bridgehead atoms. The van der Waals surface area contributed by atoms with Gasteiger partial charge in [-0.25, -0.2) is 5.06 Å². The summed E-state index contributed by atoms with van der Waals surface area (Å²) in [5, 5.41) is 0.347. The maximum Gasteiger partial charge on any atom is 0.473 e. The number of hydrogen-bond donors (Lipinski definition) is 0. The predicted molar refractivity (Wildman–Crippen MR) is 28.3 cm³/mol. The van der Waals surface area contributed by atoms with Crippen LogP contribution in [0.5, 0.6) is 0 Å². The third-order valence-corrected chi connectivity index (χ3v) is 1.22. The highest BCUT2D eigenvalue weighted by atomic mass is 19.4. The topological polar surface area (TPSA) is 29.5 Å². The van der Waals surface area contributed by atoms with E-state index in [-0.39, 0.29) is 13.2 Å². The molecule has 0 radical (unpaired) electrons. The number of carbonyl (C=O) groups excluding carboxylic acids is 1. The summed E-state index contributed by atoms with van der Waals surface area (Å²) in [4.78, 5) is 14.7. The van der Waals surface area contributed by atoms with Gasteiger partial charge in [-0.1, -0.05) is 0 Å². The number of nitrogens with zero attached hydrogens (tertiary/aromatic N) is 1. The Morgan fingerprint density at radius 2 is 2.09 bits per heavy atom. The van der Waals surface area contributed by atoms with E-state index in [1.165, 1.54) is 0 Å². The number of amides is 1. The highest BCUT2D eigenvalue weighted by Gasteiger charge is 2.44. The molecule has 11 heavy (non-hydrogen) atoms. The zero-order valence-corrected chi connectivity index (χ0v) is 5.52. The van der Waals surface area contributed by atoms with Gasteiger partial charge in [0.25, 0.3) is 0 Å². The van der Waals surface area contributed by atoms with Gasteiger partial charge < -0.3 is 0 Å². The summed E-state index contributed by atoms with van der Waals surface area (Å²) >= 11 is 0. The molecule has 1 heterocycles. The highest BCUT2D eigenvalue weighted by Crippen LogP contribution is 2.20. The fraction of sp³-hybridized carbons (Fsp3) is 0.800. The molecule has 1 amide bonds. The molecule has 0 aromatic carbocycles. The number of halogens is 3. The molecule has 0 aromatic rings. The first-order valence-electron chi connectivity index (χ1n) is 3.03. The first-order valence-corrected chi connectivity index (χ1v) is 3.03. The van der Waals surface area contributed by atoms with Crippen LogP contribution in [0.3, 0.4) is 0 Å². The van der Waals surface area contributed by atoms with Crippen LogP contribution in [-0.2, 0) is 9.63 Å². The molecule has 1 aliphatic rings. The van der Waals surface area contributed by atoms with Crippen LogP contribution in [0.1, 0.15) is 6.42 Å². The molecule has 3 nitrogen and oxygen atoms in total. The lowest BCUT2D eigenvalue weighted by Gasteiger charge is -2.14. The van der Waals surface area contributed by atoms with Crippen LogP contribution in [0.15, 0.2) is 0 Å². The van der Waals surface area contributed by atoms with Crippen molar-refractivity contribution in [2.45, 2.75) is 12.6 Å². The summed E-state index contributed by atoms with van der Waals surface area (Å²) in [6.07, 6.45) is -4.36. The molecule has 0 N–H and O–H groups in total. The monoisotopic (exact) mass is 169 g/mol. The summed E-state index contributed by atoms with van der Waals surface area (Å²) in [5.74, 6) is -1.92. The Labute approximate surface area is 60.7 Å². The minimum atomic E-state index is -4.82. The third kappa shape index (κ3) is 1.83. The molecule has 1 rings (SSSR count). The van der Waals surface area contributed by atoms with Crippen molar-refractivity contribution in [3.63, 3.8) is 0 Å². The van der Waals surface area contributed by atoms with E-state index < -0.39 is 12.1 Å². The van der Waals surface area contributed by atoms with Gasteiger partial charge in [-0.05, 0) is 6.42 Å². The molecule has 6 heteroatoms. The standard InChI is InChI=1S/C5H6F3NO2/c6-5(7,8)4(10)9-2-1-3-11-9/h1-3H2. The number of hydroxylamine groups is 2. The Balaban J connectivity index is 2.53. The molecule has 0 aromatic heterocycles. The van der Waals surface area contributed by atoms with E-state index in [2.05, 4.69) is 4.84 Å². The molecule has 64 valence electrons. The first kappa shape index (κ1) is 8.32. The average molecular weight is 169 g/mol. The molecule has 0 atom stereocenters. The van der Waals surface area contributed by atoms with Gasteiger partial charge in [0.15, 0.2) is 0 Å². The Bertz CT molecular complexity index is 162. The molecular weight excluding hydrogens is 163 g/mol. The van der Waals surface area contributed by atoms with E-state index in [9.17, 15) is 18.0 Å². The average Bonchev–Trinajstić information content (AvgIpc) is 2.34. The molecule has 1 aliphatic heterocycles. The van der Waals surface area contributed by atoms with Gasteiger partial charge in [0.2, 0.25) is 0 Å². The number of carbonyl (C=O) groups is 1. The molecule has 1 fully saturated rings. The Morgan fingerprint density at radius 3 is 2.45 bits per heavy atom. The zero-order valence-electron chi connectivity index (χ0n) is 5.52. The fourth-order valence-electron chi connectivity index (χ4n) is 0.749. The molecule has 0 aliphatic carbocycles. The highest BCUT2D eigenvalue weighted by molar-refractivity contribution is 5.80. The van der Waals surface area contributed by atoms with Crippen molar-refractivity contribution in [2.75, 3.05) is 13.2 Å². The largest absolute Gasteiger partial charge is 0.473 e. The van der Waals surface area contributed by atoms with E-state index in [1.807, 2.05) is 0 Å². The van der Waals surface area contributed by atoms with Gasteiger partial charge in [0, 0.05) is 0 Å². The predicted octanol–water partition coefficient (Wildman–Crippen LogP) is 0.713. The van der Waals surface area contributed by atoms with Crippen LogP contribution in [0.25, 0.3) is 0 Å². The Morgan fingerprint density at radius 1 is 1.45 bits per heavy atom. The van der Waals surface area contributed by atoms with Crippen LogP contribution in [0.2, 0.25) is 0 Å². The SMILES string of the molecule is O=C(N1CCCO1)C(F)(F)F. The second-order valence-corrected chi connectivity index (χ2v) is 2.09. The number of rotatable bonds is 0. The summed E-state index contributed by atoms with van der Waals surface area (Å²) < 4.78 is 34.9. The van der Waals surface area contributed by atoms with Crippen molar-refractivity contribution in [3.05, 3.63) is 0 Å². The van der Waals surface area contributed by atoms with Crippen molar-refractivity contribution in [1.29, 1.82) is 0 Å². The summed E-state index contributed by atoms with van der Waals surface area (Å²) in [5.41, 5.74) is 0. The Hall–Kier alpha value is -0.780. The minimum absolute atomic E-state index is 0.0261. The van der Waals surface area contributed by atoms with Crippen LogP contribution >= 0.6 is 0 Å². The Kier molecular flexibility index (Phi) is 2.03. The minimum Gasteiger partial charge on any atom is -0.271 e. The quantitative estimate of drug-likeness (QED) is 0.534. The van der Waals surface area contributed by atoms with E-state index in [1.54, 1.807) is 0 Å². The number of alkyl halides is 3. The van der Waals surface area contributed by atoms with Gasteiger partial charge in [0.1, 0.15) is 0 Å².